The molecule has 0 unspecified atom stereocenters. The summed E-state index contributed by atoms with van der Waals surface area (Å²) in [5.41, 5.74) is 0.742. The highest BCUT2D eigenvalue weighted by molar-refractivity contribution is 5.28. The van der Waals surface area contributed by atoms with Crippen LogP contribution in [0.2, 0.25) is 0 Å². The SMILES string of the molecule is O[C@H]1CCN(Cc2cccc(OC(F)(F)F)c2)C1. The highest BCUT2D eigenvalue weighted by atomic mass is 19.4. The first kappa shape index (κ1) is 13.2. The van der Waals surface area contributed by atoms with Gasteiger partial charge in [0.15, 0.2) is 0 Å². The second kappa shape index (κ2) is 5.16. The number of aliphatic hydroxyl groups is 1. The zero-order chi connectivity index (χ0) is 13.2. The van der Waals surface area contributed by atoms with Crippen molar-refractivity contribution in [2.24, 2.45) is 0 Å². The molecular formula is C12H14F3NO2. The molecule has 1 aliphatic heterocycles. The molecule has 1 aromatic rings. The topological polar surface area (TPSA) is 32.7 Å². The third-order valence-electron chi connectivity index (χ3n) is 2.79. The summed E-state index contributed by atoms with van der Waals surface area (Å²) in [6.45, 7) is 1.84. The number of hydrogen-bond donors (Lipinski definition) is 1. The van der Waals surface area contributed by atoms with Gasteiger partial charge < -0.3 is 9.84 Å². The Kier molecular flexibility index (Phi) is 3.77. The fourth-order valence-electron chi connectivity index (χ4n) is 2.05. The van der Waals surface area contributed by atoms with Gasteiger partial charge in [0, 0.05) is 19.6 Å². The first-order valence-electron chi connectivity index (χ1n) is 5.67. The van der Waals surface area contributed by atoms with Gasteiger partial charge in [-0.3, -0.25) is 4.90 Å². The van der Waals surface area contributed by atoms with E-state index in [1.165, 1.54) is 18.2 Å². The minimum absolute atomic E-state index is 0.209. The Balaban J connectivity index is 1.99. The smallest absolute Gasteiger partial charge is 0.406 e. The Morgan fingerprint density at radius 2 is 2.17 bits per heavy atom. The Morgan fingerprint density at radius 3 is 2.78 bits per heavy atom. The third-order valence-corrected chi connectivity index (χ3v) is 2.79. The average molecular weight is 261 g/mol. The van der Waals surface area contributed by atoms with Crippen molar-refractivity contribution in [2.75, 3.05) is 13.1 Å². The Morgan fingerprint density at radius 1 is 1.39 bits per heavy atom. The van der Waals surface area contributed by atoms with E-state index < -0.39 is 6.36 Å². The number of nitrogens with zero attached hydrogens (tertiary/aromatic N) is 1. The molecule has 100 valence electrons. The monoisotopic (exact) mass is 261 g/mol. The van der Waals surface area contributed by atoms with E-state index in [1.54, 1.807) is 6.07 Å². The van der Waals surface area contributed by atoms with Crippen LogP contribution in [0.3, 0.4) is 0 Å². The van der Waals surface area contributed by atoms with Gasteiger partial charge in [-0.25, -0.2) is 0 Å². The summed E-state index contributed by atoms with van der Waals surface area (Å²) in [7, 11) is 0. The van der Waals surface area contributed by atoms with Gasteiger partial charge in [0.25, 0.3) is 0 Å². The van der Waals surface area contributed by atoms with Crippen LogP contribution < -0.4 is 4.74 Å². The second-order valence-electron chi connectivity index (χ2n) is 4.37. The molecule has 0 amide bonds. The maximum Gasteiger partial charge on any atom is 0.573 e. The molecule has 0 aliphatic carbocycles. The van der Waals surface area contributed by atoms with Gasteiger partial charge in [-0.05, 0) is 24.1 Å². The Bertz CT molecular complexity index is 409. The number of β-amino-alcohol motifs (C(OH)–C–C–N with tert-alkyl or cyclic N) is 1. The molecule has 0 aromatic heterocycles. The van der Waals surface area contributed by atoms with Crippen molar-refractivity contribution in [3.05, 3.63) is 29.8 Å². The predicted molar refractivity (Wildman–Crippen MR) is 59.0 cm³/mol. The van der Waals surface area contributed by atoms with Crippen molar-refractivity contribution < 1.29 is 23.0 Å². The van der Waals surface area contributed by atoms with Crippen LogP contribution in [0.5, 0.6) is 5.75 Å². The van der Waals surface area contributed by atoms with Crippen molar-refractivity contribution >= 4 is 0 Å². The van der Waals surface area contributed by atoms with Crippen molar-refractivity contribution in [1.82, 2.24) is 4.90 Å². The van der Waals surface area contributed by atoms with Crippen molar-refractivity contribution in [2.45, 2.75) is 25.4 Å². The number of hydrogen-bond acceptors (Lipinski definition) is 3. The summed E-state index contributed by atoms with van der Waals surface area (Å²) < 4.78 is 40.1. The van der Waals surface area contributed by atoms with Gasteiger partial charge in [-0.2, -0.15) is 0 Å². The summed E-state index contributed by atoms with van der Waals surface area (Å²) in [5, 5.41) is 9.37. The van der Waals surface area contributed by atoms with Gasteiger partial charge in [0.05, 0.1) is 6.10 Å². The molecule has 3 nitrogen and oxygen atoms in total. The van der Waals surface area contributed by atoms with E-state index in [2.05, 4.69) is 4.74 Å². The Labute approximate surface area is 103 Å². The average Bonchev–Trinajstić information content (AvgIpc) is 2.62. The van der Waals surface area contributed by atoms with E-state index in [4.69, 9.17) is 0 Å². The number of halogens is 3. The minimum atomic E-state index is -4.66. The van der Waals surface area contributed by atoms with E-state index in [-0.39, 0.29) is 11.9 Å². The molecule has 0 bridgehead atoms. The quantitative estimate of drug-likeness (QED) is 0.905. The van der Waals surface area contributed by atoms with E-state index in [0.29, 0.717) is 19.5 Å². The summed E-state index contributed by atoms with van der Waals surface area (Å²) in [5.74, 6) is -0.209. The molecule has 1 N–H and O–H groups in total. The van der Waals surface area contributed by atoms with Crippen molar-refractivity contribution in [3.63, 3.8) is 0 Å². The number of rotatable bonds is 3. The van der Waals surface area contributed by atoms with Crippen LogP contribution in [-0.2, 0) is 6.54 Å². The van der Waals surface area contributed by atoms with Crippen LogP contribution >= 0.6 is 0 Å². The van der Waals surface area contributed by atoms with Crippen molar-refractivity contribution in [1.29, 1.82) is 0 Å². The molecule has 1 heterocycles. The predicted octanol–water partition coefficient (Wildman–Crippen LogP) is 2.15. The largest absolute Gasteiger partial charge is 0.573 e. The number of aliphatic hydroxyl groups excluding tert-OH is 1. The molecule has 1 atom stereocenters. The lowest BCUT2D eigenvalue weighted by atomic mass is 10.2. The summed E-state index contributed by atoms with van der Waals surface area (Å²) in [4.78, 5) is 2.00. The van der Waals surface area contributed by atoms with Gasteiger partial charge >= 0.3 is 6.36 Å². The molecule has 1 fully saturated rings. The van der Waals surface area contributed by atoms with Gasteiger partial charge in [-0.15, -0.1) is 13.2 Å². The van der Waals surface area contributed by atoms with Crippen LogP contribution in [0.4, 0.5) is 13.2 Å². The lowest BCUT2D eigenvalue weighted by Crippen LogP contribution is -2.21. The normalized spacial score (nSPS) is 21.2. The van der Waals surface area contributed by atoms with E-state index in [9.17, 15) is 18.3 Å². The van der Waals surface area contributed by atoms with Crippen LogP contribution in [0.1, 0.15) is 12.0 Å². The molecule has 18 heavy (non-hydrogen) atoms. The highest BCUT2D eigenvalue weighted by Gasteiger charge is 2.31. The molecule has 0 radical (unpaired) electrons. The second-order valence-corrected chi connectivity index (χ2v) is 4.37. The number of ether oxygens (including phenoxy) is 1. The van der Waals surface area contributed by atoms with Gasteiger partial charge in [0.1, 0.15) is 5.75 Å². The Hall–Kier alpha value is -1.27. The van der Waals surface area contributed by atoms with E-state index in [0.717, 1.165) is 12.1 Å². The first-order chi connectivity index (χ1) is 8.42. The molecule has 6 heteroatoms. The molecule has 0 spiro atoms. The summed E-state index contributed by atoms with van der Waals surface area (Å²) >= 11 is 0. The van der Waals surface area contributed by atoms with Crippen LogP contribution in [0.25, 0.3) is 0 Å². The summed E-state index contributed by atoms with van der Waals surface area (Å²) in [6.07, 6.45) is -4.29. The first-order valence-corrected chi connectivity index (χ1v) is 5.67. The van der Waals surface area contributed by atoms with Crippen molar-refractivity contribution in [3.8, 4) is 5.75 Å². The van der Waals surface area contributed by atoms with Crippen LogP contribution in [0, 0.1) is 0 Å². The zero-order valence-electron chi connectivity index (χ0n) is 9.65. The lowest BCUT2D eigenvalue weighted by Gasteiger charge is -2.16. The number of likely N-dealkylation sites (tertiary alicyclic amines) is 1. The molecule has 1 saturated heterocycles. The minimum Gasteiger partial charge on any atom is -0.406 e. The van der Waals surface area contributed by atoms with E-state index in [1.807, 2.05) is 4.90 Å². The van der Waals surface area contributed by atoms with Gasteiger partial charge in [0.2, 0.25) is 0 Å². The van der Waals surface area contributed by atoms with E-state index >= 15 is 0 Å². The van der Waals surface area contributed by atoms with Crippen LogP contribution in [-0.4, -0.2) is 35.6 Å². The molecule has 1 aromatic carbocycles. The molecule has 2 rings (SSSR count). The maximum atomic E-state index is 12.1. The summed E-state index contributed by atoms with van der Waals surface area (Å²) in [6, 6.07) is 5.92. The van der Waals surface area contributed by atoms with Gasteiger partial charge in [-0.1, -0.05) is 12.1 Å². The maximum absolute atomic E-state index is 12.1. The number of alkyl halides is 3. The molecule has 1 aliphatic rings. The fraction of sp³-hybridized carbons (Fsp3) is 0.500. The standard InChI is InChI=1S/C12H14F3NO2/c13-12(14,15)18-11-3-1-2-9(6-11)7-16-5-4-10(17)8-16/h1-3,6,10,17H,4-5,7-8H2/t10-/m0/s1. The fourth-order valence-corrected chi connectivity index (χ4v) is 2.05. The number of benzene rings is 1. The zero-order valence-corrected chi connectivity index (χ0v) is 9.65. The molecule has 0 saturated carbocycles. The van der Waals surface area contributed by atoms with Crippen LogP contribution in [0.15, 0.2) is 24.3 Å². The lowest BCUT2D eigenvalue weighted by molar-refractivity contribution is -0.274. The third kappa shape index (κ3) is 3.89. The molecular weight excluding hydrogens is 247 g/mol. The highest BCUT2D eigenvalue weighted by Crippen LogP contribution is 2.24.